The van der Waals surface area contributed by atoms with Crippen molar-refractivity contribution in [3.63, 3.8) is 0 Å². The zero-order chi connectivity index (χ0) is 13.8. The molecule has 0 amide bonds. The molecular formula is C14H15NO4. The average Bonchev–Trinajstić information content (AvgIpc) is 2.80. The highest BCUT2D eigenvalue weighted by Crippen LogP contribution is 2.22. The Morgan fingerprint density at radius 3 is 2.68 bits per heavy atom. The number of oxime groups is 1. The molecule has 5 heteroatoms. The summed E-state index contributed by atoms with van der Waals surface area (Å²) in [6.07, 6.45) is -0.243. The SMILES string of the molecule is C[C@@H](OC(=O)c1ccccc1)[C@@H]1ON=C(C=O)[C@@H]1C. The van der Waals surface area contributed by atoms with Gasteiger partial charge in [0, 0.05) is 5.92 Å². The smallest absolute Gasteiger partial charge is 0.338 e. The Hall–Kier alpha value is -2.17. The minimum absolute atomic E-state index is 0.184. The molecule has 1 aromatic rings. The van der Waals surface area contributed by atoms with Crippen LogP contribution in [0.1, 0.15) is 24.2 Å². The zero-order valence-corrected chi connectivity index (χ0v) is 10.8. The van der Waals surface area contributed by atoms with Gasteiger partial charge in [0.15, 0.2) is 12.4 Å². The molecule has 0 N–H and O–H groups in total. The second-order valence-electron chi connectivity index (χ2n) is 4.47. The van der Waals surface area contributed by atoms with E-state index in [-0.39, 0.29) is 5.92 Å². The van der Waals surface area contributed by atoms with E-state index in [9.17, 15) is 9.59 Å². The van der Waals surface area contributed by atoms with E-state index < -0.39 is 18.2 Å². The van der Waals surface area contributed by atoms with E-state index in [2.05, 4.69) is 5.16 Å². The Kier molecular flexibility index (Phi) is 3.94. The third kappa shape index (κ3) is 2.81. The fourth-order valence-electron chi connectivity index (χ4n) is 1.96. The highest BCUT2D eigenvalue weighted by Gasteiger charge is 2.36. The number of benzene rings is 1. The van der Waals surface area contributed by atoms with E-state index in [4.69, 9.17) is 9.57 Å². The van der Waals surface area contributed by atoms with Gasteiger partial charge < -0.3 is 9.57 Å². The molecule has 0 aliphatic carbocycles. The number of ether oxygens (including phenoxy) is 1. The Balaban J connectivity index is 1.97. The van der Waals surface area contributed by atoms with E-state index in [1.165, 1.54) is 0 Å². The van der Waals surface area contributed by atoms with Crippen molar-refractivity contribution in [3.05, 3.63) is 35.9 Å². The number of nitrogens with zero attached hydrogens (tertiary/aromatic N) is 1. The standard InChI is InChI=1S/C14H15NO4/c1-9-12(8-16)15-19-13(9)10(2)18-14(17)11-6-4-3-5-7-11/h3-10,13H,1-2H3/t9-,10+,13+/m0/s1. The van der Waals surface area contributed by atoms with Gasteiger partial charge in [-0.25, -0.2) is 4.79 Å². The van der Waals surface area contributed by atoms with Crippen LogP contribution in [0.5, 0.6) is 0 Å². The number of carbonyl (C=O) groups is 2. The van der Waals surface area contributed by atoms with Crippen LogP contribution in [-0.4, -0.2) is 30.2 Å². The predicted octanol–water partition coefficient (Wildman–Crippen LogP) is 1.82. The summed E-state index contributed by atoms with van der Waals surface area (Å²) in [4.78, 5) is 27.7. The highest BCUT2D eigenvalue weighted by molar-refractivity contribution is 6.29. The summed E-state index contributed by atoms with van der Waals surface area (Å²) in [6, 6.07) is 8.72. The summed E-state index contributed by atoms with van der Waals surface area (Å²) in [5, 5.41) is 3.68. The minimum Gasteiger partial charge on any atom is -0.455 e. The van der Waals surface area contributed by atoms with Gasteiger partial charge in [0.2, 0.25) is 0 Å². The number of carbonyl (C=O) groups excluding carboxylic acids is 2. The van der Waals surface area contributed by atoms with Crippen molar-refractivity contribution in [2.75, 3.05) is 0 Å². The predicted molar refractivity (Wildman–Crippen MR) is 68.9 cm³/mol. The molecule has 100 valence electrons. The number of hydrogen-bond acceptors (Lipinski definition) is 5. The summed E-state index contributed by atoms with van der Waals surface area (Å²) >= 11 is 0. The molecule has 0 unspecified atom stereocenters. The summed E-state index contributed by atoms with van der Waals surface area (Å²) in [5.74, 6) is -0.598. The largest absolute Gasteiger partial charge is 0.455 e. The molecule has 0 fully saturated rings. The van der Waals surface area contributed by atoms with Crippen LogP contribution in [0.2, 0.25) is 0 Å². The highest BCUT2D eigenvalue weighted by atomic mass is 16.7. The van der Waals surface area contributed by atoms with Crippen molar-refractivity contribution in [2.45, 2.75) is 26.1 Å². The van der Waals surface area contributed by atoms with Crippen LogP contribution in [0.4, 0.5) is 0 Å². The molecule has 0 saturated carbocycles. The molecule has 0 radical (unpaired) electrons. The van der Waals surface area contributed by atoms with Crippen LogP contribution in [0, 0.1) is 5.92 Å². The lowest BCUT2D eigenvalue weighted by Gasteiger charge is -2.21. The van der Waals surface area contributed by atoms with Gasteiger partial charge in [-0.1, -0.05) is 30.3 Å². The van der Waals surface area contributed by atoms with Crippen molar-refractivity contribution in [1.29, 1.82) is 0 Å². The third-order valence-electron chi connectivity index (χ3n) is 3.12. The van der Waals surface area contributed by atoms with Gasteiger partial charge in [-0.15, -0.1) is 0 Å². The first-order chi connectivity index (χ1) is 9.13. The van der Waals surface area contributed by atoms with Gasteiger partial charge in [0.05, 0.1) is 5.56 Å². The second-order valence-corrected chi connectivity index (χ2v) is 4.47. The normalized spacial score (nSPS) is 23.2. The van der Waals surface area contributed by atoms with E-state index in [0.29, 0.717) is 17.6 Å². The number of aldehydes is 1. The Morgan fingerprint density at radius 1 is 1.42 bits per heavy atom. The van der Waals surface area contributed by atoms with Gasteiger partial charge in [0.25, 0.3) is 0 Å². The van der Waals surface area contributed by atoms with Gasteiger partial charge >= 0.3 is 5.97 Å². The molecular weight excluding hydrogens is 246 g/mol. The van der Waals surface area contributed by atoms with Gasteiger partial charge in [0.1, 0.15) is 11.8 Å². The summed E-state index contributed by atoms with van der Waals surface area (Å²) in [5.41, 5.74) is 0.823. The van der Waals surface area contributed by atoms with Crippen LogP contribution in [-0.2, 0) is 14.4 Å². The van der Waals surface area contributed by atoms with Gasteiger partial charge in [-0.3, -0.25) is 4.79 Å². The summed E-state index contributed by atoms with van der Waals surface area (Å²) in [7, 11) is 0. The molecule has 0 aromatic heterocycles. The molecule has 0 saturated heterocycles. The quantitative estimate of drug-likeness (QED) is 0.612. The van der Waals surface area contributed by atoms with Crippen LogP contribution in [0.15, 0.2) is 35.5 Å². The minimum atomic E-state index is -0.482. The molecule has 2 rings (SSSR count). The lowest BCUT2D eigenvalue weighted by molar-refractivity contribution is -0.102. The summed E-state index contributed by atoms with van der Waals surface area (Å²) < 4.78 is 5.33. The zero-order valence-electron chi connectivity index (χ0n) is 10.8. The van der Waals surface area contributed by atoms with Crippen LogP contribution >= 0.6 is 0 Å². The fraction of sp³-hybridized carbons (Fsp3) is 0.357. The monoisotopic (exact) mass is 261 g/mol. The van der Waals surface area contributed by atoms with Gasteiger partial charge in [-0.2, -0.15) is 0 Å². The fourth-order valence-corrected chi connectivity index (χ4v) is 1.96. The van der Waals surface area contributed by atoms with Crippen LogP contribution < -0.4 is 0 Å². The van der Waals surface area contributed by atoms with E-state index >= 15 is 0 Å². The van der Waals surface area contributed by atoms with Gasteiger partial charge in [-0.05, 0) is 19.1 Å². The van der Waals surface area contributed by atoms with E-state index in [1.807, 2.05) is 13.0 Å². The first-order valence-corrected chi connectivity index (χ1v) is 6.08. The molecule has 5 nitrogen and oxygen atoms in total. The van der Waals surface area contributed by atoms with Crippen LogP contribution in [0.3, 0.4) is 0 Å². The van der Waals surface area contributed by atoms with Crippen molar-refractivity contribution >= 4 is 18.0 Å². The lowest BCUT2D eigenvalue weighted by Crippen LogP contribution is -2.35. The maximum atomic E-state index is 11.9. The van der Waals surface area contributed by atoms with Crippen molar-refractivity contribution < 1.29 is 19.2 Å². The molecule has 1 aromatic carbocycles. The maximum absolute atomic E-state index is 11.9. The topological polar surface area (TPSA) is 65.0 Å². The molecule has 19 heavy (non-hydrogen) atoms. The number of esters is 1. The third-order valence-corrected chi connectivity index (χ3v) is 3.12. The Morgan fingerprint density at radius 2 is 2.11 bits per heavy atom. The molecule has 0 spiro atoms. The first kappa shape index (κ1) is 13.3. The van der Waals surface area contributed by atoms with Crippen molar-refractivity contribution in [2.24, 2.45) is 11.1 Å². The average molecular weight is 261 g/mol. The molecule has 1 aliphatic heterocycles. The Bertz CT molecular complexity index is 497. The maximum Gasteiger partial charge on any atom is 0.338 e. The molecule has 0 bridgehead atoms. The second kappa shape index (κ2) is 5.65. The first-order valence-electron chi connectivity index (χ1n) is 6.08. The van der Waals surface area contributed by atoms with E-state index in [0.717, 1.165) is 0 Å². The van der Waals surface area contributed by atoms with Crippen molar-refractivity contribution in [1.82, 2.24) is 0 Å². The van der Waals surface area contributed by atoms with E-state index in [1.54, 1.807) is 31.2 Å². The molecule has 3 atom stereocenters. The molecule has 1 heterocycles. The van der Waals surface area contributed by atoms with Crippen LogP contribution in [0.25, 0.3) is 0 Å². The molecule has 1 aliphatic rings. The van der Waals surface area contributed by atoms with Crippen molar-refractivity contribution in [3.8, 4) is 0 Å². The lowest BCUT2D eigenvalue weighted by atomic mass is 9.97. The number of hydrogen-bond donors (Lipinski definition) is 0. The summed E-state index contributed by atoms with van der Waals surface area (Å²) in [6.45, 7) is 3.54. The Labute approximate surface area is 111 Å². The number of rotatable bonds is 4.